The summed E-state index contributed by atoms with van der Waals surface area (Å²) >= 11 is 6.51. The monoisotopic (exact) mass is 355 g/mol. The maximum atomic E-state index is 10.8. The van der Waals surface area contributed by atoms with Crippen LogP contribution in [0, 0.1) is 0 Å². The van der Waals surface area contributed by atoms with Gasteiger partial charge in [0, 0.05) is 11.4 Å². The molecule has 3 rings (SSSR count). The smallest absolute Gasteiger partial charge is 0.338 e. The maximum absolute atomic E-state index is 10.8. The number of halogens is 1. The van der Waals surface area contributed by atoms with Crippen LogP contribution >= 0.6 is 38.6 Å². The number of hydrogen-bond donors (Lipinski definition) is 1. The van der Waals surface area contributed by atoms with Gasteiger partial charge in [-0.15, -0.1) is 22.7 Å². The molecule has 96 valence electrons. The lowest BCUT2D eigenvalue weighted by Gasteiger charge is -1.88. The first-order chi connectivity index (χ1) is 9.13. The number of thiophene rings is 1. The van der Waals surface area contributed by atoms with Crippen LogP contribution in [0.15, 0.2) is 38.0 Å². The molecule has 0 saturated heterocycles. The maximum Gasteiger partial charge on any atom is 0.338 e. The second-order valence-corrected chi connectivity index (χ2v) is 6.97. The molecule has 3 heterocycles. The fourth-order valence-electron chi connectivity index (χ4n) is 1.51. The third kappa shape index (κ3) is 2.49. The van der Waals surface area contributed by atoms with Gasteiger partial charge in [0.2, 0.25) is 0 Å². The largest absolute Gasteiger partial charge is 0.478 e. The van der Waals surface area contributed by atoms with Gasteiger partial charge in [0.05, 0.1) is 14.2 Å². The Morgan fingerprint density at radius 3 is 2.89 bits per heavy atom. The zero-order chi connectivity index (χ0) is 13.4. The Kier molecular flexibility index (Phi) is 3.26. The van der Waals surface area contributed by atoms with Gasteiger partial charge in [0.25, 0.3) is 0 Å². The first-order valence-corrected chi connectivity index (χ1v) is 7.66. The summed E-state index contributed by atoms with van der Waals surface area (Å²) < 4.78 is 6.27. The number of hydrogen-bond acceptors (Lipinski definition) is 5. The van der Waals surface area contributed by atoms with Crippen LogP contribution in [0.4, 0.5) is 0 Å². The van der Waals surface area contributed by atoms with Crippen molar-refractivity contribution >= 4 is 44.6 Å². The fraction of sp³-hybridized carbons (Fsp3) is 0. The molecule has 1 N–H and O–H groups in total. The van der Waals surface area contributed by atoms with Gasteiger partial charge < -0.3 is 9.52 Å². The molecular formula is C12H6BrNO3S2. The molecule has 0 aliphatic rings. The molecule has 0 aliphatic carbocycles. The molecule has 0 saturated carbocycles. The van der Waals surface area contributed by atoms with Crippen LogP contribution < -0.4 is 0 Å². The van der Waals surface area contributed by atoms with E-state index in [0.29, 0.717) is 11.5 Å². The van der Waals surface area contributed by atoms with E-state index in [1.165, 1.54) is 23.7 Å². The standard InChI is InChI=1S/C12H6BrNO3S2/c13-10-2-1-9(19-10)11-14-7(5-18-11)8-3-6(4-17-8)12(15)16/h1-5H,(H,15,16). The first-order valence-electron chi connectivity index (χ1n) is 5.17. The average Bonchev–Trinajstić information content (AvgIpc) is 3.07. The lowest BCUT2D eigenvalue weighted by molar-refractivity contribution is 0.0696. The molecule has 0 atom stereocenters. The first kappa shape index (κ1) is 12.6. The fourth-order valence-corrected chi connectivity index (χ4v) is 3.78. The number of aromatic nitrogens is 1. The van der Waals surface area contributed by atoms with Crippen molar-refractivity contribution in [2.24, 2.45) is 0 Å². The number of carbonyl (C=O) groups is 1. The van der Waals surface area contributed by atoms with Crippen molar-refractivity contribution in [2.45, 2.75) is 0 Å². The second-order valence-electron chi connectivity index (χ2n) is 3.65. The molecule has 0 aliphatic heterocycles. The molecule has 0 radical (unpaired) electrons. The minimum absolute atomic E-state index is 0.128. The highest BCUT2D eigenvalue weighted by Crippen LogP contribution is 2.35. The van der Waals surface area contributed by atoms with E-state index < -0.39 is 5.97 Å². The summed E-state index contributed by atoms with van der Waals surface area (Å²) in [6.07, 6.45) is 1.22. The van der Waals surface area contributed by atoms with E-state index in [1.807, 2.05) is 17.5 Å². The van der Waals surface area contributed by atoms with Crippen LogP contribution in [0.1, 0.15) is 10.4 Å². The molecule has 0 unspecified atom stereocenters. The van der Waals surface area contributed by atoms with Crippen molar-refractivity contribution in [1.29, 1.82) is 0 Å². The predicted molar refractivity (Wildman–Crippen MR) is 77.8 cm³/mol. The molecule has 0 bridgehead atoms. The lowest BCUT2D eigenvalue weighted by atomic mass is 10.3. The van der Waals surface area contributed by atoms with Gasteiger partial charge in [-0.25, -0.2) is 9.78 Å². The summed E-state index contributed by atoms with van der Waals surface area (Å²) in [4.78, 5) is 16.3. The summed E-state index contributed by atoms with van der Waals surface area (Å²) in [5.74, 6) is -0.539. The number of thiazole rings is 1. The average molecular weight is 356 g/mol. The molecule has 0 amide bonds. The molecular weight excluding hydrogens is 350 g/mol. The van der Waals surface area contributed by atoms with E-state index in [9.17, 15) is 4.79 Å². The highest BCUT2D eigenvalue weighted by Gasteiger charge is 2.14. The Hall–Kier alpha value is -1.44. The van der Waals surface area contributed by atoms with Crippen molar-refractivity contribution in [3.05, 3.63) is 39.2 Å². The second kappa shape index (κ2) is 4.92. The number of nitrogens with zero attached hydrogens (tertiary/aromatic N) is 1. The van der Waals surface area contributed by atoms with Crippen molar-refractivity contribution in [3.63, 3.8) is 0 Å². The van der Waals surface area contributed by atoms with E-state index in [4.69, 9.17) is 9.52 Å². The quantitative estimate of drug-likeness (QED) is 0.745. The van der Waals surface area contributed by atoms with Crippen molar-refractivity contribution in [1.82, 2.24) is 4.98 Å². The summed E-state index contributed by atoms with van der Waals surface area (Å²) in [6.45, 7) is 0. The summed E-state index contributed by atoms with van der Waals surface area (Å²) in [5.41, 5.74) is 0.778. The van der Waals surface area contributed by atoms with E-state index in [1.54, 1.807) is 11.3 Å². The molecule has 7 heteroatoms. The van der Waals surface area contributed by atoms with Gasteiger partial charge >= 0.3 is 5.97 Å². The molecule has 3 aromatic heterocycles. The minimum Gasteiger partial charge on any atom is -0.478 e. The van der Waals surface area contributed by atoms with E-state index in [2.05, 4.69) is 20.9 Å². The van der Waals surface area contributed by atoms with Crippen LogP contribution in [0.25, 0.3) is 21.3 Å². The molecule has 3 aromatic rings. The highest BCUT2D eigenvalue weighted by atomic mass is 79.9. The Morgan fingerprint density at radius 2 is 2.26 bits per heavy atom. The van der Waals surface area contributed by atoms with Crippen LogP contribution in [-0.4, -0.2) is 16.1 Å². The molecule has 4 nitrogen and oxygen atoms in total. The van der Waals surface area contributed by atoms with Gasteiger partial charge in [0.1, 0.15) is 17.0 Å². The Balaban J connectivity index is 1.94. The number of carboxylic acids is 1. The Bertz CT molecular complexity index is 744. The molecule has 0 aromatic carbocycles. The summed E-state index contributed by atoms with van der Waals surface area (Å²) in [5, 5.41) is 11.6. The normalized spacial score (nSPS) is 10.8. The van der Waals surface area contributed by atoms with Crippen LogP contribution in [0.2, 0.25) is 0 Å². The number of furan rings is 1. The zero-order valence-corrected chi connectivity index (χ0v) is 12.5. The van der Waals surface area contributed by atoms with Crippen molar-refractivity contribution < 1.29 is 14.3 Å². The van der Waals surface area contributed by atoms with E-state index in [0.717, 1.165) is 13.7 Å². The van der Waals surface area contributed by atoms with Gasteiger partial charge in [-0.05, 0) is 28.1 Å². The Labute approximate surface area is 124 Å². The molecule has 0 spiro atoms. The van der Waals surface area contributed by atoms with Gasteiger partial charge in [0.15, 0.2) is 5.76 Å². The predicted octanol–water partition coefficient (Wildman–Crippen LogP) is 4.59. The van der Waals surface area contributed by atoms with Crippen LogP contribution in [0.3, 0.4) is 0 Å². The summed E-state index contributed by atoms with van der Waals surface area (Å²) in [7, 11) is 0. The van der Waals surface area contributed by atoms with Crippen LogP contribution in [0.5, 0.6) is 0 Å². The van der Waals surface area contributed by atoms with E-state index in [-0.39, 0.29) is 5.56 Å². The van der Waals surface area contributed by atoms with E-state index >= 15 is 0 Å². The third-order valence-electron chi connectivity index (χ3n) is 2.39. The molecule has 0 fully saturated rings. The third-order valence-corrected chi connectivity index (χ3v) is 5.02. The number of rotatable bonds is 3. The van der Waals surface area contributed by atoms with Crippen molar-refractivity contribution in [2.75, 3.05) is 0 Å². The number of carboxylic acid groups (broad SMARTS) is 1. The van der Waals surface area contributed by atoms with Crippen LogP contribution in [-0.2, 0) is 0 Å². The van der Waals surface area contributed by atoms with Gasteiger partial charge in [-0.3, -0.25) is 0 Å². The summed E-state index contributed by atoms with van der Waals surface area (Å²) in [6, 6.07) is 5.43. The van der Waals surface area contributed by atoms with Gasteiger partial charge in [-0.1, -0.05) is 0 Å². The van der Waals surface area contributed by atoms with Crippen molar-refractivity contribution in [3.8, 4) is 21.3 Å². The Morgan fingerprint density at radius 1 is 1.42 bits per heavy atom. The molecule has 19 heavy (non-hydrogen) atoms. The minimum atomic E-state index is -1.01. The zero-order valence-electron chi connectivity index (χ0n) is 9.29. The topological polar surface area (TPSA) is 63.3 Å². The number of aromatic carboxylic acids is 1. The SMILES string of the molecule is O=C(O)c1coc(-c2csc(-c3ccc(Br)s3)n2)c1. The van der Waals surface area contributed by atoms with Gasteiger partial charge in [-0.2, -0.15) is 0 Å². The lowest BCUT2D eigenvalue weighted by Crippen LogP contribution is -1.91. The highest BCUT2D eigenvalue weighted by molar-refractivity contribution is 9.11.